The Bertz CT molecular complexity index is 214. The van der Waals surface area contributed by atoms with E-state index in [4.69, 9.17) is 11.7 Å². The third kappa shape index (κ3) is 6.15. The van der Waals surface area contributed by atoms with Crippen LogP contribution in [0.1, 0.15) is 46.0 Å². The molecule has 0 aromatic heterocycles. The maximum absolute atomic E-state index is 8.70. The molecule has 0 aromatic carbocycles. The highest BCUT2D eigenvalue weighted by Gasteiger charge is 2.14. The number of terminal acetylenes is 1. The molecular weight excluding hydrogens is 184 g/mol. The second-order valence-corrected chi connectivity index (χ2v) is 3.79. The Morgan fingerprint density at radius 2 is 1.73 bits per heavy atom. The molecule has 0 spiro atoms. The van der Waals surface area contributed by atoms with Gasteiger partial charge in [0.15, 0.2) is 0 Å². The van der Waals surface area contributed by atoms with Crippen LogP contribution in [0.15, 0.2) is 0 Å². The predicted molar refractivity (Wildman–Crippen MR) is 64.2 cm³/mol. The predicted octanol–water partition coefficient (Wildman–Crippen LogP) is 2.80. The molecular formula is C13H22N2. The van der Waals surface area contributed by atoms with Crippen molar-refractivity contribution in [2.45, 2.75) is 52.0 Å². The van der Waals surface area contributed by atoms with Gasteiger partial charge in [0, 0.05) is 0 Å². The van der Waals surface area contributed by atoms with Crippen molar-refractivity contribution in [2.75, 3.05) is 13.1 Å². The van der Waals surface area contributed by atoms with Gasteiger partial charge in [0.2, 0.25) is 0 Å². The average molecular weight is 206 g/mol. The maximum Gasteiger partial charge on any atom is 0.0843 e. The van der Waals surface area contributed by atoms with E-state index >= 15 is 0 Å². The highest BCUT2D eigenvalue weighted by atomic mass is 15.1. The quantitative estimate of drug-likeness (QED) is 0.571. The number of hydrogen-bond donors (Lipinski definition) is 0. The summed E-state index contributed by atoms with van der Waals surface area (Å²) >= 11 is 0. The van der Waals surface area contributed by atoms with Crippen molar-refractivity contribution in [1.82, 2.24) is 4.90 Å². The molecule has 0 aromatic rings. The molecule has 0 amide bonds. The average Bonchev–Trinajstić information content (AvgIpc) is 2.27. The first kappa shape index (κ1) is 14.0. The lowest BCUT2D eigenvalue weighted by molar-refractivity contribution is 0.230. The standard InChI is InChI=1S/C13H22N2/c1-4-7-11-15(12-8-5-2)13(6-3)9-10-14/h3,13H,4-5,7-9,11-12H2,1-2H3. The molecule has 0 aliphatic heterocycles. The summed E-state index contributed by atoms with van der Waals surface area (Å²) < 4.78 is 0. The minimum absolute atomic E-state index is 0.00750. The number of unbranched alkanes of at least 4 members (excludes halogenated alkanes) is 2. The lowest BCUT2D eigenvalue weighted by Crippen LogP contribution is -2.35. The summed E-state index contributed by atoms with van der Waals surface area (Å²) in [6.07, 6.45) is 10.6. The molecule has 2 nitrogen and oxygen atoms in total. The van der Waals surface area contributed by atoms with E-state index in [0.29, 0.717) is 6.42 Å². The van der Waals surface area contributed by atoms with Gasteiger partial charge in [-0.25, -0.2) is 0 Å². The van der Waals surface area contributed by atoms with Gasteiger partial charge in [-0.1, -0.05) is 32.6 Å². The fourth-order valence-electron chi connectivity index (χ4n) is 1.53. The van der Waals surface area contributed by atoms with Crippen molar-refractivity contribution in [3.8, 4) is 18.4 Å². The van der Waals surface area contributed by atoms with E-state index < -0.39 is 0 Å². The normalized spacial score (nSPS) is 12.1. The van der Waals surface area contributed by atoms with E-state index in [0.717, 1.165) is 25.9 Å². The largest absolute Gasteiger partial charge is 0.289 e. The van der Waals surface area contributed by atoms with E-state index in [2.05, 4.69) is 30.7 Å². The van der Waals surface area contributed by atoms with Gasteiger partial charge >= 0.3 is 0 Å². The van der Waals surface area contributed by atoms with Crippen molar-refractivity contribution in [3.63, 3.8) is 0 Å². The van der Waals surface area contributed by atoms with Crippen LogP contribution < -0.4 is 0 Å². The molecule has 0 fully saturated rings. The molecule has 0 bridgehead atoms. The van der Waals surface area contributed by atoms with E-state index in [1.165, 1.54) is 12.8 Å². The van der Waals surface area contributed by atoms with E-state index in [-0.39, 0.29) is 6.04 Å². The number of hydrogen-bond acceptors (Lipinski definition) is 2. The van der Waals surface area contributed by atoms with Crippen LogP contribution in [0.4, 0.5) is 0 Å². The molecule has 0 N–H and O–H groups in total. The van der Waals surface area contributed by atoms with Gasteiger partial charge < -0.3 is 0 Å². The van der Waals surface area contributed by atoms with Crippen LogP contribution >= 0.6 is 0 Å². The van der Waals surface area contributed by atoms with Crippen LogP contribution in [0.25, 0.3) is 0 Å². The minimum Gasteiger partial charge on any atom is -0.289 e. The molecule has 84 valence electrons. The van der Waals surface area contributed by atoms with E-state index in [1.54, 1.807) is 0 Å². The zero-order valence-electron chi connectivity index (χ0n) is 10.00. The summed E-state index contributed by atoms with van der Waals surface area (Å²) in [5.41, 5.74) is 0. The van der Waals surface area contributed by atoms with Crippen LogP contribution in [-0.4, -0.2) is 24.0 Å². The van der Waals surface area contributed by atoms with E-state index in [9.17, 15) is 0 Å². The van der Waals surface area contributed by atoms with Crippen molar-refractivity contribution in [3.05, 3.63) is 0 Å². The molecule has 2 heteroatoms. The number of nitrogens with zero attached hydrogens (tertiary/aromatic N) is 2. The lowest BCUT2D eigenvalue weighted by atomic mass is 10.1. The van der Waals surface area contributed by atoms with Crippen LogP contribution in [0, 0.1) is 23.7 Å². The molecule has 0 rings (SSSR count). The highest BCUT2D eigenvalue weighted by molar-refractivity contribution is 5.03. The highest BCUT2D eigenvalue weighted by Crippen LogP contribution is 2.07. The van der Waals surface area contributed by atoms with E-state index in [1.807, 2.05) is 0 Å². The fourth-order valence-corrected chi connectivity index (χ4v) is 1.53. The molecule has 0 aliphatic carbocycles. The first-order valence-electron chi connectivity index (χ1n) is 5.87. The van der Waals surface area contributed by atoms with Crippen molar-refractivity contribution in [2.24, 2.45) is 0 Å². The summed E-state index contributed by atoms with van der Waals surface area (Å²) in [4.78, 5) is 2.27. The number of rotatable bonds is 8. The van der Waals surface area contributed by atoms with Crippen LogP contribution in [0.2, 0.25) is 0 Å². The molecule has 1 unspecified atom stereocenters. The molecule has 0 aliphatic rings. The van der Waals surface area contributed by atoms with Crippen LogP contribution in [0.5, 0.6) is 0 Å². The van der Waals surface area contributed by atoms with Gasteiger partial charge in [-0.05, 0) is 25.9 Å². The summed E-state index contributed by atoms with van der Waals surface area (Å²) in [6.45, 7) is 6.39. The van der Waals surface area contributed by atoms with Crippen molar-refractivity contribution >= 4 is 0 Å². The first-order valence-corrected chi connectivity index (χ1v) is 5.87. The minimum atomic E-state index is 0.00750. The van der Waals surface area contributed by atoms with Gasteiger partial charge in [-0.2, -0.15) is 5.26 Å². The summed E-state index contributed by atoms with van der Waals surface area (Å²) in [5, 5.41) is 8.70. The van der Waals surface area contributed by atoms with Gasteiger partial charge in [-0.15, -0.1) is 6.42 Å². The van der Waals surface area contributed by atoms with Gasteiger partial charge in [-0.3, -0.25) is 4.90 Å². The Kier molecular flexibility index (Phi) is 8.93. The second kappa shape index (κ2) is 9.56. The van der Waals surface area contributed by atoms with Gasteiger partial charge in [0.25, 0.3) is 0 Å². The lowest BCUT2D eigenvalue weighted by Gasteiger charge is -2.26. The third-order valence-corrected chi connectivity index (χ3v) is 2.52. The summed E-state index contributed by atoms with van der Waals surface area (Å²) in [6, 6.07) is 2.18. The Morgan fingerprint density at radius 3 is 2.07 bits per heavy atom. The van der Waals surface area contributed by atoms with Crippen LogP contribution in [0.3, 0.4) is 0 Å². The molecule has 1 atom stereocenters. The third-order valence-electron chi connectivity index (χ3n) is 2.52. The molecule has 0 radical (unpaired) electrons. The zero-order chi connectivity index (χ0) is 11.5. The Morgan fingerprint density at radius 1 is 1.20 bits per heavy atom. The maximum atomic E-state index is 8.70. The Labute approximate surface area is 94.3 Å². The first-order chi connectivity index (χ1) is 7.29. The van der Waals surface area contributed by atoms with Crippen LogP contribution in [-0.2, 0) is 0 Å². The second-order valence-electron chi connectivity index (χ2n) is 3.79. The number of nitriles is 1. The Hall–Kier alpha value is -0.990. The molecule has 15 heavy (non-hydrogen) atoms. The molecule has 0 saturated heterocycles. The summed E-state index contributed by atoms with van der Waals surface area (Å²) in [7, 11) is 0. The SMILES string of the molecule is C#CC(CC#N)N(CCCC)CCCC. The smallest absolute Gasteiger partial charge is 0.0843 e. The zero-order valence-corrected chi connectivity index (χ0v) is 10.00. The van der Waals surface area contributed by atoms with Crippen molar-refractivity contribution in [1.29, 1.82) is 5.26 Å². The topological polar surface area (TPSA) is 27.0 Å². The summed E-state index contributed by atoms with van der Waals surface area (Å²) in [5.74, 6) is 2.72. The van der Waals surface area contributed by atoms with Gasteiger partial charge in [0.05, 0.1) is 18.5 Å². The monoisotopic (exact) mass is 206 g/mol. The Balaban J connectivity index is 4.18. The van der Waals surface area contributed by atoms with Crippen molar-refractivity contribution < 1.29 is 0 Å². The van der Waals surface area contributed by atoms with Gasteiger partial charge in [0.1, 0.15) is 0 Å². The molecule has 0 saturated carbocycles. The molecule has 0 heterocycles. The fraction of sp³-hybridized carbons (Fsp3) is 0.769.